The van der Waals surface area contributed by atoms with Crippen LogP contribution in [0, 0.1) is 23.2 Å². The number of hydrogen-bond donors (Lipinski definition) is 2. The summed E-state index contributed by atoms with van der Waals surface area (Å²) in [5.74, 6) is 2.64. The maximum absolute atomic E-state index is 13.3. The highest BCUT2D eigenvalue weighted by molar-refractivity contribution is 5.76. The zero-order valence-corrected chi connectivity index (χ0v) is 18.9. The summed E-state index contributed by atoms with van der Waals surface area (Å²) in [6, 6.07) is 8.02. The maximum atomic E-state index is 13.3. The Labute approximate surface area is 184 Å². The average Bonchev–Trinajstić information content (AvgIpc) is 3.42. The van der Waals surface area contributed by atoms with Crippen LogP contribution in [0.5, 0.6) is 0 Å². The van der Waals surface area contributed by atoms with Crippen molar-refractivity contribution in [1.82, 2.24) is 14.0 Å². The molecule has 6 nitrogen and oxygen atoms in total. The first-order valence-electron chi connectivity index (χ1n) is 12.1. The van der Waals surface area contributed by atoms with E-state index in [4.69, 9.17) is 0 Å². The molecule has 0 amide bonds. The number of nitrogens with zero attached hydrogens (tertiary/aromatic N) is 3. The van der Waals surface area contributed by atoms with Crippen LogP contribution in [0.4, 0.5) is 0 Å². The fourth-order valence-electron chi connectivity index (χ4n) is 7.02. The molecule has 0 radical (unpaired) electrons. The van der Waals surface area contributed by atoms with Crippen molar-refractivity contribution in [2.24, 2.45) is 23.2 Å². The van der Waals surface area contributed by atoms with Crippen molar-refractivity contribution in [3.63, 3.8) is 0 Å². The van der Waals surface area contributed by atoms with Crippen molar-refractivity contribution in [2.45, 2.75) is 64.6 Å². The summed E-state index contributed by atoms with van der Waals surface area (Å²) in [7, 11) is 0. The highest BCUT2D eigenvalue weighted by Gasteiger charge is 2.52. The number of rotatable bonds is 6. The SMILES string of the molecule is CC1(C)[C@@H]2CC[C@H](C2)[C@@H]1CN1CCC(n2c(=O)n(CC(O)CO)c3ccccc32)CC1. The molecule has 31 heavy (non-hydrogen) atoms. The Kier molecular flexibility index (Phi) is 5.51. The minimum atomic E-state index is -0.927. The molecule has 2 saturated carbocycles. The number of para-hydroxylation sites is 2. The third-order valence-corrected chi connectivity index (χ3v) is 8.90. The van der Waals surface area contributed by atoms with E-state index < -0.39 is 6.10 Å². The lowest BCUT2D eigenvalue weighted by atomic mass is 9.68. The molecule has 3 fully saturated rings. The number of fused-ring (bicyclic) bond motifs is 3. The van der Waals surface area contributed by atoms with Gasteiger partial charge in [-0.05, 0) is 67.4 Å². The minimum Gasteiger partial charge on any atom is -0.394 e. The average molecular weight is 428 g/mol. The Morgan fingerprint density at radius 1 is 1.10 bits per heavy atom. The number of likely N-dealkylation sites (tertiary alicyclic amines) is 1. The fraction of sp³-hybridized carbons (Fsp3) is 0.720. The van der Waals surface area contributed by atoms with E-state index in [9.17, 15) is 15.0 Å². The molecule has 2 aliphatic carbocycles. The van der Waals surface area contributed by atoms with Gasteiger partial charge in [0.05, 0.1) is 30.3 Å². The number of aromatic nitrogens is 2. The van der Waals surface area contributed by atoms with E-state index in [2.05, 4.69) is 18.7 Å². The smallest absolute Gasteiger partial charge is 0.329 e. The van der Waals surface area contributed by atoms with Gasteiger partial charge in [0.2, 0.25) is 0 Å². The minimum absolute atomic E-state index is 0.0682. The molecule has 1 unspecified atom stereocenters. The molecule has 4 atom stereocenters. The van der Waals surface area contributed by atoms with E-state index >= 15 is 0 Å². The fourth-order valence-corrected chi connectivity index (χ4v) is 7.02. The molecular formula is C25H37N3O3. The first-order valence-corrected chi connectivity index (χ1v) is 12.1. The summed E-state index contributed by atoms with van der Waals surface area (Å²) in [6.07, 6.45) is 5.32. The first kappa shape index (κ1) is 21.2. The van der Waals surface area contributed by atoms with Crippen LogP contribution in [-0.2, 0) is 6.54 Å². The molecular weight excluding hydrogens is 390 g/mol. The van der Waals surface area contributed by atoms with Gasteiger partial charge in [0.15, 0.2) is 0 Å². The van der Waals surface area contributed by atoms with Crippen LogP contribution >= 0.6 is 0 Å². The van der Waals surface area contributed by atoms with Gasteiger partial charge in [-0.3, -0.25) is 9.13 Å². The van der Waals surface area contributed by atoms with Crippen LogP contribution < -0.4 is 5.69 Å². The summed E-state index contributed by atoms with van der Waals surface area (Å²) in [6.45, 7) is 8.05. The van der Waals surface area contributed by atoms with Crippen LogP contribution in [0.1, 0.15) is 52.0 Å². The standard InChI is InChI=1S/C25H37N3O3/c1-25(2)18-8-7-17(13-18)21(25)15-26-11-9-19(10-12-26)28-23-6-4-3-5-22(23)27(24(28)31)14-20(30)16-29/h3-6,17-21,29-30H,7-16H2,1-2H3/t17-,18-,20?,21+/m1/s1. The number of aliphatic hydroxyl groups excluding tert-OH is 2. The Morgan fingerprint density at radius 3 is 2.45 bits per heavy atom. The lowest BCUT2D eigenvalue weighted by Gasteiger charge is -2.42. The zero-order valence-electron chi connectivity index (χ0n) is 18.9. The van der Waals surface area contributed by atoms with Gasteiger partial charge in [-0.15, -0.1) is 0 Å². The maximum Gasteiger partial charge on any atom is 0.329 e. The molecule has 1 aromatic carbocycles. The van der Waals surface area contributed by atoms with Crippen LogP contribution in [0.15, 0.2) is 29.1 Å². The highest BCUT2D eigenvalue weighted by atomic mass is 16.3. The van der Waals surface area contributed by atoms with Crippen molar-refractivity contribution >= 4 is 11.0 Å². The molecule has 3 aliphatic rings. The van der Waals surface area contributed by atoms with Gasteiger partial charge in [0.1, 0.15) is 0 Å². The molecule has 1 saturated heterocycles. The van der Waals surface area contributed by atoms with Crippen LogP contribution in [-0.4, -0.2) is 56.6 Å². The largest absolute Gasteiger partial charge is 0.394 e. The van der Waals surface area contributed by atoms with Crippen LogP contribution in [0.25, 0.3) is 11.0 Å². The molecule has 0 spiro atoms. The monoisotopic (exact) mass is 427 g/mol. The molecule has 5 rings (SSSR count). The summed E-state index contributed by atoms with van der Waals surface area (Å²) >= 11 is 0. The van der Waals surface area contributed by atoms with Crippen LogP contribution in [0.2, 0.25) is 0 Å². The Hall–Kier alpha value is -1.63. The number of piperidine rings is 1. The molecule has 2 aromatic rings. The Balaban J connectivity index is 1.32. The zero-order chi connectivity index (χ0) is 21.8. The lowest BCUT2D eigenvalue weighted by molar-refractivity contribution is 0.0643. The van der Waals surface area contributed by atoms with Crippen molar-refractivity contribution in [3.8, 4) is 0 Å². The second kappa shape index (κ2) is 8.05. The predicted molar refractivity (Wildman–Crippen MR) is 122 cm³/mol. The van der Waals surface area contributed by atoms with Gasteiger partial charge >= 0.3 is 5.69 Å². The van der Waals surface area contributed by atoms with E-state index in [1.165, 1.54) is 25.8 Å². The van der Waals surface area contributed by atoms with Gasteiger partial charge in [-0.1, -0.05) is 26.0 Å². The number of benzene rings is 1. The van der Waals surface area contributed by atoms with Crippen molar-refractivity contribution in [3.05, 3.63) is 34.7 Å². The second-order valence-electron chi connectivity index (χ2n) is 10.8. The topological polar surface area (TPSA) is 70.6 Å². The molecule has 1 aliphatic heterocycles. The first-order chi connectivity index (χ1) is 14.9. The van der Waals surface area contributed by atoms with E-state index in [0.717, 1.165) is 54.7 Å². The lowest BCUT2D eigenvalue weighted by Crippen LogP contribution is -2.44. The molecule has 2 heterocycles. The third-order valence-electron chi connectivity index (χ3n) is 8.90. The molecule has 1 aromatic heterocycles. The summed E-state index contributed by atoms with van der Waals surface area (Å²) in [5.41, 5.74) is 2.18. The van der Waals surface area contributed by atoms with E-state index in [1.807, 2.05) is 28.8 Å². The summed E-state index contributed by atoms with van der Waals surface area (Å²) in [5, 5.41) is 19.2. The van der Waals surface area contributed by atoms with Crippen LogP contribution in [0.3, 0.4) is 0 Å². The quantitative estimate of drug-likeness (QED) is 0.744. The summed E-state index contributed by atoms with van der Waals surface area (Å²) in [4.78, 5) is 15.9. The van der Waals surface area contributed by atoms with Crippen molar-refractivity contribution in [1.29, 1.82) is 0 Å². The number of imidazole rings is 1. The molecule has 6 heteroatoms. The van der Waals surface area contributed by atoms with Gasteiger partial charge in [-0.2, -0.15) is 0 Å². The number of hydrogen-bond acceptors (Lipinski definition) is 4. The third kappa shape index (κ3) is 3.57. The molecule has 170 valence electrons. The van der Waals surface area contributed by atoms with E-state index in [1.54, 1.807) is 4.57 Å². The molecule has 2 bridgehead atoms. The van der Waals surface area contributed by atoms with E-state index in [0.29, 0.717) is 5.41 Å². The highest BCUT2D eigenvalue weighted by Crippen LogP contribution is 2.59. The Bertz CT molecular complexity index is 986. The van der Waals surface area contributed by atoms with Crippen molar-refractivity contribution in [2.75, 3.05) is 26.2 Å². The van der Waals surface area contributed by atoms with E-state index in [-0.39, 0.29) is 24.9 Å². The Morgan fingerprint density at radius 2 is 1.81 bits per heavy atom. The van der Waals surface area contributed by atoms with Gasteiger partial charge in [-0.25, -0.2) is 4.79 Å². The summed E-state index contributed by atoms with van der Waals surface area (Å²) < 4.78 is 3.57. The molecule has 2 N–H and O–H groups in total. The second-order valence-corrected chi connectivity index (χ2v) is 10.8. The van der Waals surface area contributed by atoms with Crippen molar-refractivity contribution < 1.29 is 10.2 Å². The van der Waals surface area contributed by atoms with Gasteiger partial charge < -0.3 is 15.1 Å². The van der Waals surface area contributed by atoms with Gasteiger partial charge in [0.25, 0.3) is 0 Å². The number of aliphatic hydroxyl groups is 2. The predicted octanol–water partition coefficient (Wildman–Crippen LogP) is 2.87. The normalized spacial score (nSPS) is 29.7. The van der Waals surface area contributed by atoms with Gasteiger partial charge in [0, 0.05) is 25.7 Å².